The maximum atomic E-state index is 14.7. The van der Waals surface area contributed by atoms with E-state index in [1.807, 2.05) is 5.32 Å². The fraction of sp³-hybridized carbons (Fsp3) is 0.304. The number of ketones is 1. The number of halogens is 3. The van der Waals surface area contributed by atoms with Gasteiger partial charge < -0.3 is 4.90 Å². The van der Waals surface area contributed by atoms with Crippen molar-refractivity contribution in [3.8, 4) is 0 Å². The molecule has 1 saturated heterocycles. The molecule has 6 nitrogen and oxygen atoms in total. The van der Waals surface area contributed by atoms with Crippen LogP contribution in [0.1, 0.15) is 50.4 Å². The van der Waals surface area contributed by atoms with E-state index >= 15 is 0 Å². The predicted molar refractivity (Wildman–Crippen MR) is 111 cm³/mol. The number of alkyl halides is 2. The van der Waals surface area contributed by atoms with E-state index in [1.165, 1.54) is 30.3 Å². The molecule has 0 radical (unpaired) electrons. The van der Waals surface area contributed by atoms with Gasteiger partial charge in [-0.1, -0.05) is 35.9 Å². The Labute approximate surface area is 191 Å². The van der Waals surface area contributed by atoms with Crippen LogP contribution in [0, 0.1) is 0 Å². The molecule has 2 aromatic rings. The summed E-state index contributed by atoms with van der Waals surface area (Å²) in [4.78, 5) is 50.0. The Hall–Kier alpha value is -3.13. The van der Waals surface area contributed by atoms with E-state index in [0.717, 1.165) is 17.0 Å². The predicted octanol–water partition coefficient (Wildman–Crippen LogP) is 3.39. The van der Waals surface area contributed by atoms with Gasteiger partial charge in [0.2, 0.25) is 17.6 Å². The number of imide groups is 1. The first-order chi connectivity index (χ1) is 16.3. The summed E-state index contributed by atoms with van der Waals surface area (Å²) in [6.07, 6.45) is -3.94. The van der Waals surface area contributed by atoms with Crippen LogP contribution in [0.15, 0.2) is 42.5 Å². The number of hydrogen-bond donors (Lipinski definition) is 1. The number of aryl methyl sites for hydroxylation is 1. The highest BCUT2D eigenvalue weighted by Gasteiger charge is 2.41. The fourth-order valence-corrected chi connectivity index (χ4v) is 3.75. The average molecular weight is 464 g/mol. The summed E-state index contributed by atoms with van der Waals surface area (Å²) in [5.41, 5.74) is -0.306. The molecular weight excluding hydrogens is 442 g/mol. The highest BCUT2D eigenvalue weighted by molar-refractivity contribution is 6.30. The minimum Gasteiger partial charge on any atom is -0.322 e. The molecule has 2 aliphatic rings. The second-order valence-electron chi connectivity index (χ2n) is 7.45. The van der Waals surface area contributed by atoms with Crippen molar-refractivity contribution in [2.75, 3.05) is 0 Å². The van der Waals surface area contributed by atoms with Crippen molar-refractivity contribution < 1.29 is 32.1 Å². The van der Waals surface area contributed by atoms with E-state index in [2.05, 4.69) is 0 Å². The second-order valence-corrected chi connectivity index (χ2v) is 7.88. The molecule has 32 heavy (non-hydrogen) atoms. The molecule has 3 amide bonds. The summed E-state index contributed by atoms with van der Waals surface area (Å²) < 4.78 is 54.4. The molecule has 0 unspecified atom stereocenters. The van der Waals surface area contributed by atoms with Gasteiger partial charge in [0.05, 0.1) is 1.37 Å². The number of fused-ring (bicyclic) bond motifs is 1. The number of nitrogens with zero attached hydrogens (tertiary/aromatic N) is 1. The van der Waals surface area contributed by atoms with Crippen molar-refractivity contribution in [1.82, 2.24) is 10.2 Å². The Morgan fingerprint density at radius 3 is 2.62 bits per heavy atom. The first-order valence-electron chi connectivity index (χ1n) is 11.2. The minimum atomic E-state index is -3.94. The minimum absolute atomic E-state index is 0.103. The second kappa shape index (κ2) is 8.43. The molecule has 0 bridgehead atoms. The zero-order valence-corrected chi connectivity index (χ0v) is 17.3. The zero-order valence-electron chi connectivity index (χ0n) is 19.6. The molecule has 9 heteroatoms. The number of benzene rings is 2. The van der Waals surface area contributed by atoms with Gasteiger partial charge in [0.25, 0.3) is 5.91 Å². The Balaban J connectivity index is 1.56. The molecule has 166 valence electrons. The SMILES string of the molecule is [2H]C([2H])(CC(=O)C(F)(F)c1ccc(Cl)cc1)c1ccc2c(c1)CN([C@]1([2H])CCC(=O)NC1=O)C2=O. The Morgan fingerprint density at radius 1 is 1.22 bits per heavy atom. The first-order valence-corrected chi connectivity index (χ1v) is 10.1. The van der Waals surface area contributed by atoms with Gasteiger partial charge in [-0.15, -0.1) is 0 Å². The van der Waals surface area contributed by atoms with Gasteiger partial charge in [-0.3, -0.25) is 24.5 Å². The van der Waals surface area contributed by atoms with Crippen LogP contribution in [-0.4, -0.2) is 34.4 Å². The summed E-state index contributed by atoms with van der Waals surface area (Å²) in [6.45, 7) is -0.210. The summed E-state index contributed by atoms with van der Waals surface area (Å²) in [5, 5.41) is 2.26. The maximum absolute atomic E-state index is 14.7. The van der Waals surface area contributed by atoms with Crippen LogP contribution < -0.4 is 5.32 Å². The van der Waals surface area contributed by atoms with Gasteiger partial charge in [-0.25, -0.2) is 0 Å². The lowest BCUT2D eigenvalue weighted by Crippen LogP contribution is -2.52. The number of rotatable bonds is 6. The van der Waals surface area contributed by atoms with Gasteiger partial charge >= 0.3 is 5.92 Å². The molecule has 1 atom stereocenters. The van der Waals surface area contributed by atoms with Crippen molar-refractivity contribution >= 4 is 35.1 Å². The van der Waals surface area contributed by atoms with Gasteiger partial charge in [0.15, 0.2) is 0 Å². The highest BCUT2D eigenvalue weighted by Crippen LogP contribution is 2.32. The maximum Gasteiger partial charge on any atom is 0.330 e. The van der Waals surface area contributed by atoms with E-state index in [1.54, 1.807) is 0 Å². The Bertz CT molecular complexity index is 1260. The smallest absolute Gasteiger partial charge is 0.322 e. The molecule has 0 aliphatic carbocycles. The van der Waals surface area contributed by atoms with Crippen LogP contribution in [0.2, 0.25) is 5.02 Å². The molecule has 1 fully saturated rings. The van der Waals surface area contributed by atoms with Gasteiger partial charge in [0.1, 0.15) is 6.02 Å². The molecule has 2 heterocycles. The van der Waals surface area contributed by atoms with Crippen molar-refractivity contribution in [2.24, 2.45) is 0 Å². The van der Waals surface area contributed by atoms with Crippen molar-refractivity contribution in [3.05, 3.63) is 69.7 Å². The third kappa shape index (κ3) is 4.14. The number of nitrogens with one attached hydrogen (secondary N) is 1. The summed E-state index contributed by atoms with van der Waals surface area (Å²) in [6, 6.07) is 6.16. The first kappa shape index (κ1) is 18.4. The molecule has 0 spiro atoms. The van der Waals surface area contributed by atoms with E-state index in [-0.39, 0.29) is 41.1 Å². The third-order valence-electron chi connectivity index (χ3n) is 5.35. The number of amides is 3. The lowest BCUT2D eigenvalue weighted by molar-refractivity contribution is -0.144. The summed E-state index contributed by atoms with van der Waals surface area (Å²) >= 11 is 5.70. The van der Waals surface area contributed by atoms with E-state index in [0.29, 0.717) is 0 Å². The highest BCUT2D eigenvalue weighted by atomic mass is 35.5. The van der Waals surface area contributed by atoms with Gasteiger partial charge in [-0.05, 0) is 42.1 Å². The normalized spacial score (nSPS) is 22.7. The lowest BCUT2D eigenvalue weighted by atomic mass is 9.97. The van der Waals surface area contributed by atoms with Crippen molar-refractivity contribution in [1.29, 1.82) is 0 Å². The average Bonchev–Trinajstić information content (AvgIpc) is 3.13. The van der Waals surface area contributed by atoms with Crippen LogP contribution in [-0.2, 0) is 33.2 Å². The van der Waals surface area contributed by atoms with Crippen LogP contribution in [0.25, 0.3) is 0 Å². The number of Topliss-reactive ketones (excluding diaryl/α,β-unsaturated/α-hetero) is 1. The van der Waals surface area contributed by atoms with E-state index < -0.39 is 53.8 Å². The van der Waals surface area contributed by atoms with Crippen molar-refractivity contribution in [2.45, 2.75) is 44.1 Å². The summed E-state index contributed by atoms with van der Waals surface area (Å²) in [5.74, 6) is -7.68. The van der Waals surface area contributed by atoms with Gasteiger partial charge in [-0.2, -0.15) is 8.78 Å². The number of hydrogen-bond acceptors (Lipinski definition) is 4. The summed E-state index contributed by atoms with van der Waals surface area (Å²) in [7, 11) is 0. The van der Waals surface area contributed by atoms with E-state index in [4.69, 9.17) is 15.7 Å². The topological polar surface area (TPSA) is 83.6 Å². The monoisotopic (exact) mass is 463 g/mol. The molecular formula is C23H19ClF2N2O4. The molecule has 2 aromatic carbocycles. The zero-order chi connectivity index (χ0) is 25.8. The van der Waals surface area contributed by atoms with Crippen LogP contribution >= 0.6 is 11.6 Å². The molecule has 2 aliphatic heterocycles. The quantitative estimate of drug-likeness (QED) is 0.665. The molecule has 4 rings (SSSR count). The standard InChI is InChI=1S/C23H19ClF2N2O4/c24-16-5-3-15(4-6-16)23(25,26)19(29)9-2-13-1-7-17-14(11-13)12-28(22(17)32)18-8-10-20(30)27-21(18)31/h1,3-7,11,18H,2,8-10,12H2,(H,27,30,31)/t18-/m1/s1/i2D2,18D. The Kier molecular flexibility index (Phi) is 4.86. The van der Waals surface area contributed by atoms with Crippen LogP contribution in [0.3, 0.4) is 0 Å². The number of carbonyl (C=O) groups is 4. The number of carbonyl (C=O) groups excluding carboxylic acids is 4. The number of piperidine rings is 1. The molecule has 0 saturated carbocycles. The Morgan fingerprint density at radius 2 is 1.94 bits per heavy atom. The van der Waals surface area contributed by atoms with Crippen LogP contribution in [0.5, 0.6) is 0 Å². The molecule has 0 aromatic heterocycles. The third-order valence-corrected chi connectivity index (χ3v) is 5.60. The fourth-order valence-electron chi connectivity index (χ4n) is 3.63. The van der Waals surface area contributed by atoms with Crippen LogP contribution in [0.4, 0.5) is 8.78 Å². The van der Waals surface area contributed by atoms with Crippen molar-refractivity contribution in [3.63, 3.8) is 0 Å². The molecule has 1 N–H and O–H groups in total. The van der Waals surface area contributed by atoms with Gasteiger partial charge in [0, 0.05) is 38.3 Å². The lowest BCUT2D eigenvalue weighted by Gasteiger charge is -2.29. The largest absolute Gasteiger partial charge is 0.330 e. The van der Waals surface area contributed by atoms with E-state index in [9.17, 15) is 28.0 Å².